The van der Waals surface area contributed by atoms with Crippen LogP contribution in [0, 0.1) is 18.3 Å². The highest BCUT2D eigenvalue weighted by Gasteiger charge is 2.33. The summed E-state index contributed by atoms with van der Waals surface area (Å²) in [6.07, 6.45) is -3.62. The van der Waals surface area contributed by atoms with Crippen LogP contribution in [0.4, 0.5) is 13.2 Å². The molecule has 7 heteroatoms. The van der Waals surface area contributed by atoms with Crippen LogP contribution in [0.3, 0.4) is 0 Å². The summed E-state index contributed by atoms with van der Waals surface area (Å²) in [5.74, 6) is -0.769. The lowest BCUT2D eigenvalue weighted by Crippen LogP contribution is -2.19. The summed E-state index contributed by atoms with van der Waals surface area (Å²) >= 11 is 0. The van der Waals surface area contributed by atoms with Crippen molar-refractivity contribution in [3.63, 3.8) is 0 Å². The molecule has 0 saturated heterocycles. The number of ether oxygens (including phenoxy) is 2. The number of hydrogen-bond donors (Lipinski definition) is 0. The zero-order valence-corrected chi connectivity index (χ0v) is 9.13. The van der Waals surface area contributed by atoms with E-state index < -0.39 is 12.2 Å². The molecule has 0 spiro atoms. The minimum atomic E-state index is -4.83. The van der Waals surface area contributed by atoms with Crippen LogP contribution in [0.25, 0.3) is 0 Å². The van der Waals surface area contributed by atoms with Gasteiger partial charge in [0.15, 0.2) is 5.75 Å². The van der Waals surface area contributed by atoms with E-state index in [1.165, 1.54) is 20.2 Å². The highest BCUT2D eigenvalue weighted by Crippen LogP contribution is 2.34. The third-order valence-corrected chi connectivity index (χ3v) is 2.04. The fourth-order valence-electron chi connectivity index (χ4n) is 1.28. The number of halogens is 3. The molecule has 1 aromatic heterocycles. The minimum absolute atomic E-state index is 0.0431. The highest BCUT2D eigenvalue weighted by atomic mass is 19.4. The van der Waals surface area contributed by atoms with E-state index >= 15 is 0 Å². The van der Waals surface area contributed by atoms with Crippen LogP contribution in [-0.2, 0) is 6.42 Å². The number of aromatic nitrogens is 1. The van der Waals surface area contributed by atoms with Crippen LogP contribution >= 0.6 is 0 Å². The van der Waals surface area contributed by atoms with Crippen molar-refractivity contribution < 1.29 is 22.6 Å². The van der Waals surface area contributed by atoms with Gasteiger partial charge in [-0.15, -0.1) is 13.2 Å². The van der Waals surface area contributed by atoms with Gasteiger partial charge in [0.25, 0.3) is 5.88 Å². The molecule has 0 bridgehead atoms. The largest absolute Gasteiger partial charge is 0.574 e. The van der Waals surface area contributed by atoms with E-state index in [1.54, 1.807) is 0 Å². The quantitative estimate of drug-likeness (QED) is 0.821. The van der Waals surface area contributed by atoms with E-state index in [0.29, 0.717) is 11.1 Å². The Hall–Kier alpha value is -1.97. The van der Waals surface area contributed by atoms with Crippen LogP contribution in [-0.4, -0.2) is 18.5 Å². The molecule has 0 aromatic carbocycles. The summed E-state index contributed by atoms with van der Waals surface area (Å²) in [6, 6.07) is 1.89. The lowest BCUT2D eigenvalue weighted by molar-refractivity contribution is -0.276. The first-order valence-corrected chi connectivity index (χ1v) is 4.54. The summed E-state index contributed by atoms with van der Waals surface area (Å²) in [6.45, 7) is 1.54. The van der Waals surface area contributed by atoms with Crippen molar-refractivity contribution in [1.82, 2.24) is 4.98 Å². The second-order valence-corrected chi connectivity index (χ2v) is 3.13. The average Bonchev–Trinajstić information content (AvgIpc) is 2.21. The molecule has 0 aliphatic rings. The van der Waals surface area contributed by atoms with Gasteiger partial charge in [0.2, 0.25) is 0 Å². The Bertz CT molecular complexity index is 452. The van der Waals surface area contributed by atoms with E-state index in [2.05, 4.69) is 9.72 Å². The fourth-order valence-corrected chi connectivity index (χ4v) is 1.28. The Kier molecular flexibility index (Phi) is 3.78. The smallest absolute Gasteiger partial charge is 0.491 e. The minimum Gasteiger partial charge on any atom is -0.491 e. The zero-order valence-electron chi connectivity index (χ0n) is 9.13. The third-order valence-electron chi connectivity index (χ3n) is 2.04. The molecule has 0 radical (unpaired) electrons. The van der Waals surface area contributed by atoms with Gasteiger partial charge in [-0.2, -0.15) is 5.26 Å². The van der Waals surface area contributed by atoms with Gasteiger partial charge >= 0.3 is 6.36 Å². The van der Waals surface area contributed by atoms with Crippen LogP contribution < -0.4 is 9.47 Å². The van der Waals surface area contributed by atoms with Crippen molar-refractivity contribution in [3.8, 4) is 17.7 Å². The Labute approximate surface area is 95.6 Å². The first kappa shape index (κ1) is 13.1. The molecule has 1 aromatic rings. The molecule has 0 fully saturated rings. The molecule has 1 rings (SSSR count). The van der Waals surface area contributed by atoms with E-state index in [9.17, 15) is 13.2 Å². The van der Waals surface area contributed by atoms with Crippen molar-refractivity contribution in [2.75, 3.05) is 7.11 Å². The summed E-state index contributed by atoms with van der Waals surface area (Å²) in [5.41, 5.74) is 0.905. The average molecular weight is 246 g/mol. The number of pyridine rings is 1. The van der Waals surface area contributed by atoms with Crippen molar-refractivity contribution >= 4 is 0 Å². The first-order valence-electron chi connectivity index (χ1n) is 4.54. The molecule has 0 N–H and O–H groups in total. The number of alkyl halides is 3. The Morgan fingerprint density at radius 3 is 2.59 bits per heavy atom. The number of hydrogen-bond acceptors (Lipinski definition) is 4. The molecule has 0 aliphatic heterocycles. The van der Waals surface area contributed by atoms with E-state index in [-0.39, 0.29) is 12.2 Å². The second kappa shape index (κ2) is 4.91. The van der Waals surface area contributed by atoms with Crippen LogP contribution in [0.5, 0.6) is 11.6 Å². The summed E-state index contributed by atoms with van der Waals surface area (Å²) in [4.78, 5) is 3.50. The molecular weight excluding hydrogens is 237 g/mol. The number of nitrogens with zero attached hydrogens (tertiary/aromatic N) is 2. The second-order valence-electron chi connectivity index (χ2n) is 3.13. The molecule has 1 heterocycles. The number of nitriles is 1. The van der Waals surface area contributed by atoms with Crippen molar-refractivity contribution in [2.45, 2.75) is 19.7 Å². The highest BCUT2D eigenvalue weighted by molar-refractivity contribution is 5.45. The zero-order chi connectivity index (χ0) is 13.1. The normalized spacial score (nSPS) is 10.8. The molecule has 17 heavy (non-hydrogen) atoms. The van der Waals surface area contributed by atoms with E-state index in [1.807, 2.05) is 6.07 Å². The van der Waals surface area contributed by atoms with Gasteiger partial charge in [0, 0.05) is 11.8 Å². The van der Waals surface area contributed by atoms with Gasteiger partial charge in [-0.1, -0.05) is 0 Å². The van der Waals surface area contributed by atoms with E-state index in [0.717, 1.165) is 0 Å². The Balaban J connectivity index is 3.17. The Morgan fingerprint density at radius 1 is 1.47 bits per heavy atom. The molecule has 92 valence electrons. The Morgan fingerprint density at radius 2 is 2.12 bits per heavy atom. The summed E-state index contributed by atoms with van der Waals surface area (Å²) in [5, 5.41) is 8.53. The number of rotatable bonds is 3. The van der Waals surface area contributed by atoms with Gasteiger partial charge in [-0.05, 0) is 12.5 Å². The van der Waals surface area contributed by atoms with E-state index in [4.69, 9.17) is 10.00 Å². The maximum atomic E-state index is 12.1. The monoisotopic (exact) mass is 246 g/mol. The van der Waals surface area contributed by atoms with Crippen LogP contribution in [0.1, 0.15) is 11.1 Å². The molecule has 0 unspecified atom stereocenters. The molecule has 0 atom stereocenters. The molecule has 0 saturated carbocycles. The molecule has 0 amide bonds. The number of methoxy groups -OCH3 is 1. The van der Waals surface area contributed by atoms with Gasteiger partial charge in [0.05, 0.1) is 19.6 Å². The standard InChI is InChI=1S/C10H9F3N2O2/c1-6-7(3-4-14)5-15-9(8(6)16-2)17-10(11,12)13/h5H,3H2,1-2H3. The maximum Gasteiger partial charge on any atom is 0.574 e. The third kappa shape index (κ3) is 3.24. The van der Waals surface area contributed by atoms with Crippen molar-refractivity contribution in [2.24, 2.45) is 0 Å². The van der Waals surface area contributed by atoms with Crippen LogP contribution in [0.2, 0.25) is 0 Å². The fraction of sp³-hybridized carbons (Fsp3) is 0.400. The van der Waals surface area contributed by atoms with Gasteiger partial charge in [0.1, 0.15) is 0 Å². The lowest BCUT2D eigenvalue weighted by Gasteiger charge is -2.14. The molecule has 0 aliphatic carbocycles. The van der Waals surface area contributed by atoms with Crippen LogP contribution in [0.15, 0.2) is 6.20 Å². The predicted molar refractivity (Wildman–Crippen MR) is 51.5 cm³/mol. The van der Waals surface area contributed by atoms with Gasteiger partial charge in [-0.25, -0.2) is 4.98 Å². The summed E-state index contributed by atoms with van der Waals surface area (Å²) in [7, 11) is 1.21. The first-order chi connectivity index (χ1) is 7.89. The topological polar surface area (TPSA) is 55.1 Å². The van der Waals surface area contributed by atoms with Crippen molar-refractivity contribution in [3.05, 3.63) is 17.3 Å². The van der Waals surface area contributed by atoms with Gasteiger partial charge in [-0.3, -0.25) is 0 Å². The van der Waals surface area contributed by atoms with Gasteiger partial charge < -0.3 is 9.47 Å². The summed E-state index contributed by atoms with van der Waals surface area (Å²) < 4.78 is 44.7. The van der Waals surface area contributed by atoms with Crippen molar-refractivity contribution in [1.29, 1.82) is 5.26 Å². The SMILES string of the molecule is COc1c(OC(F)(F)F)ncc(CC#N)c1C. The lowest BCUT2D eigenvalue weighted by atomic mass is 10.1. The molecular formula is C10H9F3N2O2. The maximum absolute atomic E-state index is 12.1. The predicted octanol–water partition coefficient (Wildman–Crippen LogP) is 2.36. The molecule has 4 nitrogen and oxygen atoms in total.